The fourth-order valence-electron chi connectivity index (χ4n) is 2.53. The van der Waals surface area contributed by atoms with Gasteiger partial charge in [0.1, 0.15) is 11.9 Å². The average Bonchev–Trinajstić information content (AvgIpc) is 2.56. The van der Waals surface area contributed by atoms with Gasteiger partial charge < -0.3 is 20.7 Å². The van der Waals surface area contributed by atoms with Gasteiger partial charge in [-0.1, -0.05) is 11.6 Å². The van der Waals surface area contributed by atoms with Crippen molar-refractivity contribution in [2.24, 2.45) is 11.7 Å². The predicted molar refractivity (Wildman–Crippen MR) is 102 cm³/mol. The molecule has 1 unspecified atom stereocenters. The third-order valence-electron chi connectivity index (χ3n) is 3.82. The number of hydrogen-bond donors (Lipinski definition) is 2. The van der Waals surface area contributed by atoms with E-state index < -0.39 is 6.04 Å². The largest absolute Gasteiger partial charge is 0.383 e. The van der Waals surface area contributed by atoms with Crippen LogP contribution in [0.3, 0.4) is 0 Å². The Morgan fingerprint density at radius 3 is 2.56 bits per heavy atom. The van der Waals surface area contributed by atoms with Crippen LogP contribution in [-0.4, -0.2) is 54.5 Å². The Bertz CT molecular complexity index is 551. The highest BCUT2D eigenvalue weighted by atomic mass is 35.5. The van der Waals surface area contributed by atoms with Crippen molar-refractivity contribution in [2.45, 2.75) is 18.9 Å². The number of methoxy groups -OCH3 is 1. The van der Waals surface area contributed by atoms with Crippen molar-refractivity contribution < 1.29 is 14.3 Å². The summed E-state index contributed by atoms with van der Waals surface area (Å²) >= 11 is 5.76. The molecule has 1 aliphatic rings. The number of amides is 2. The molecule has 2 rings (SSSR count). The van der Waals surface area contributed by atoms with Gasteiger partial charge in [0.05, 0.1) is 11.6 Å². The molecular formula is C15H23Cl3N4O3. The number of likely N-dealkylation sites (tertiary alicyclic amines) is 1. The van der Waals surface area contributed by atoms with Crippen molar-refractivity contribution in [3.8, 4) is 0 Å². The lowest BCUT2D eigenvalue weighted by atomic mass is 9.95. The number of carbonyl (C=O) groups is 2. The Labute approximate surface area is 164 Å². The van der Waals surface area contributed by atoms with Crippen LogP contribution in [0.2, 0.25) is 5.02 Å². The van der Waals surface area contributed by atoms with Gasteiger partial charge in [-0.15, -0.1) is 24.8 Å². The van der Waals surface area contributed by atoms with Crippen molar-refractivity contribution in [3.05, 3.63) is 23.4 Å². The van der Waals surface area contributed by atoms with Gasteiger partial charge in [0.15, 0.2) is 0 Å². The maximum absolute atomic E-state index is 12.2. The number of carbonyl (C=O) groups excluding carboxylic acids is 2. The molecule has 1 atom stereocenters. The summed E-state index contributed by atoms with van der Waals surface area (Å²) in [5.41, 5.74) is 5.75. The Morgan fingerprint density at radius 1 is 1.40 bits per heavy atom. The second kappa shape index (κ2) is 11.5. The molecule has 2 amide bonds. The first-order valence-corrected chi connectivity index (χ1v) is 7.84. The highest BCUT2D eigenvalue weighted by molar-refractivity contribution is 6.30. The Hall–Kier alpha value is -1.12. The fraction of sp³-hybridized carbons (Fsp3) is 0.533. The Morgan fingerprint density at radius 2 is 2.04 bits per heavy atom. The molecule has 1 aliphatic heterocycles. The van der Waals surface area contributed by atoms with Crippen LogP contribution in [0.25, 0.3) is 0 Å². The molecule has 0 aromatic carbocycles. The third-order valence-corrected chi connectivity index (χ3v) is 4.04. The summed E-state index contributed by atoms with van der Waals surface area (Å²) in [6, 6.07) is 2.68. The number of ether oxygens (including phenoxy) is 1. The van der Waals surface area contributed by atoms with Crippen LogP contribution in [0.15, 0.2) is 18.3 Å². The summed E-state index contributed by atoms with van der Waals surface area (Å²) in [7, 11) is 1.51. The lowest BCUT2D eigenvalue weighted by Gasteiger charge is -2.32. The molecule has 1 aromatic heterocycles. The van der Waals surface area contributed by atoms with Crippen molar-refractivity contribution in [1.82, 2.24) is 9.88 Å². The van der Waals surface area contributed by atoms with Crippen molar-refractivity contribution in [3.63, 3.8) is 0 Å². The molecule has 142 valence electrons. The lowest BCUT2D eigenvalue weighted by molar-refractivity contribution is -0.136. The molecule has 0 bridgehead atoms. The molecule has 2 heterocycles. The van der Waals surface area contributed by atoms with E-state index >= 15 is 0 Å². The molecule has 10 heteroatoms. The number of halogens is 3. The zero-order valence-electron chi connectivity index (χ0n) is 13.8. The Kier molecular flexibility index (Phi) is 11.0. The van der Waals surface area contributed by atoms with Gasteiger partial charge >= 0.3 is 0 Å². The van der Waals surface area contributed by atoms with E-state index in [0.717, 1.165) is 0 Å². The quantitative estimate of drug-likeness (QED) is 0.766. The van der Waals surface area contributed by atoms with Gasteiger partial charge in [0.2, 0.25) is 11.8 Å². The van der Waals surface area contributed by atoms with E-state index in [1.165, 1.54) is 13.3 Å². The first-order chi connectivity index (χ1) is 11.0. The number of nitrogens with zero attached hydrogens (tertiary/aromatic N) is 2. The lowest BCUT2D eigenvalue weighted by Crippen LogP contribution is -2.49. The van der Waals surface area contributed by atoms with Gasteiger partial charge in [0.25, 0.3) is 0 Å². The van der Waals surface area contributed by atoms with E-state index in [4.69, 9.17) is 22.1 Å². The molecule has 1 saturated heterocycles. The second-order valence-corrected chi connectivity index (χ2v) is 5.95. The summed E-state index contributed by atoms with van der Waals surface area (Å²) in [6.45, 7) is 1.23. The highest BCUT2D eigenvalue weighted by Crippen LogP contribution is 2.20. The fourth-order valence-corrected chi connectivity index (χ4v) is 2.64. The molecule has 0 radical (unpaired) electrons. The molecule has 25 heavy (non-hydrogen) atoms. The maximum atomic E-state index is 12.2. The number of hydrogen-bond acceptors (Lipinski definition) is 5. The van der Waals surface area contributed by atoms with Gasteiger partial charge in [0, 0.05) is 32.3 Å². The van der Waals surface area contributed by atoms with Crippen LogP contribution in [0.1, 0.15) is 12.8 Å². The summed E-state index contributed by atoms with van der Waals surface area (Å²) in [4.78, 5) is 30.0. The van der Waals surface area contributed by atoms with E-state index in [1.807, 2.05) is 0 Å². The first-order valence-electron chi connectivity index (χ1n) is 7.47. The van der Waals surface area contributed by atoms with Crippen LogP contribution in [0.5, 0.6) is 0 Å². The SMILES string of the molecule is COCC(N)C(=O)N1CCC(C(=O)Nc2ccc(Cl)cn2)CC1.Cl.Cl. The van der Waals surface area contributed by atoms with Gasteiger partial charge in [-0.25, -0.2) is 4.98 Å². The Balaban J connectivity index is 0.00000288. The molecule has 0 saturated carbocycles. The molecule has 3 N–H and O–H groups in total. The third kappa shape index (κ3) is 6.95. The van der Waals surface area contributed by atoms with Gasteiger partial charge in [-0.3, -0.25) is 9.59 Å². The van der Waals surface area contributed by atoms with Crippen LogP contribution < -0.4 is 11.1 Å². The summed E-state index contributed by atoms with van der Waals surface area (Å²) < 4.78 is 4.90. The van der Waals surface area contributed by atoms with Crippen LogP contribution in [-0.2, 0) is 14.3 Å². The average molecular weight is 414 g/mol. The predicted octanol–water partition coefficient (Wildman–Crippen LogP) is 1.73. The smallest absolute Gasteiger partial charge is 0.241 e. The summed E-state index contributed by atoms with van der Waals surface area (Å²) in [6.07, 6.45) is 2.69. The molecule has 0 aliphatic carbocycles. The number of aromatic nitrogens is 1. The molecular weight excluding hydrogens is 391 g/mol. The number of nitrogens with two attached hydrogens (primary N) is 1. The van der Waals surface area contributed by atoms with Crippen LogP contribution in [0.4, 0.5) is 5.82 Å². The minimum Gasteiger partial charge on any atom is -0.383 e. The van der Waals surface area contributed by atoms with Crippen LogP contribution >= 0.6 is 36.4 Å². The zero-order chi connectivity index (χ0) is 16.8. The topological polar surface area (TPSA) is 97.5 Å². The molecule has 1 fully saturated rings. The van der Waals surface area contributed by atoms with Gasteiger partial charge in [-0.05, 0) is 25.0 Å². The number of piperidine rings is 1. The highest BCUT2D eigenvalue weighted by Gasteiger charge is 2.29. The second-order valence-electron chi connectivity index (χ2n) is 5.51. The maximum Gasteiger partial charge on any atom is 0.241 e. The minimum absolute atomic E-state index is 0. The molecule has 0 spiro atoms. The monoisotopic (exact) mass is 412 g/mol. The zero-order valence-corrected chi connectivity index (χ0v) is 16.2. The first kappa shape index (κ1) is 23.9. The normalized spacial score (nSPS) is 15.6. The van der Waals surface area contributed by atoms with Crippen LogP contribution in [0, 0.1) is 5.92 Å². The molecule has 1 aromatic rings. The number of nitrogens with one attached hydrogen (secondary N) is 1. The van der Waals surface area contributed by atoms with E-state index in [2.05, 4.69) is 10.3 Å². The van der Waals surface area contributed by atoms with E-state index in [9.17, 15) is 9.59 Å². The minimum atomic E-state index is -0.649. The van der Waals surface area contributed by atoms with E-state index in [0.29, 0.717) is 36.8 Å². The molecule has 7 nitrogen and oxygen atoms in total. The van der Waals surface area contributed by atoms with Crippen molar-refractivity contribution in [2.75, 3.05) is 32.1 Å². The standard InChI is InChI=1S/C15H21ClN4O3.2ClH/c1-23-9-12(17)15(22)20-6-4-10(5-7-20)14(21)19-13-3-2-11(16)8-18-13;;/h2-3,8,10,12H,4-7,9,17H2,1H3,(H,18,19,21);2*1H. The number of pyridine rings is 1. The summed E-state index contributed by atoms with van der Waals surface area (Å²) in [5.74, 6) is 0.105. The number of rotatable bonds is 5. The van der Waals surface area contributed by atoms with E-state index in [1.54, 1.807) is 17.0 Å². The van der Waals surface area contributed by atoms with E-state index in [-0.39, 0.29) is 49.2 Å². The van der Waals surface area contributed by atoms with Crippen molar-refractivity contribution >= 4 is 54.0 Å². The van der Waals surface area contributed by atoms with Crippen molar-refractivity contribution in [1.29, 1.82) is 0 Å². The number of anilines is 1. The van der Waals surface area contributed by atoms with Gasteiger partial charge in [-0.2, -0.15) is 0 Å². The summed E-state index contributed by atoms with van der Waals surface area (Å²) in [5, 5.41) is 3.29.